The van der Waals surface area contributed by atoms with Crippen LogP contribution in [0.4, 0.5) is 0 Å². The quantitative estimate of drug-likeness (QED) is 0.273. The van der Waals surface area contributed by atoms with Crippen LogP contribution in [0.3, 0.4) is 0 Å². The summed E-state index contributed by atoms with van der Waals surface area (Å²) < 4.78 is 9.98. The molecule has 3 rings (SSSR count). The van der Waals surface area contributed by atoms with Crippen LogP contribution in [-0.4, -0.2) is 68.0 Å². The Bertz CT molecular complexity index is 857. The SMILES string of the molecule is NC(=O)c1c(C(=O)NCC2CO2)cc(C(=O)NCC2CO2)c(C(N)=O)c1C(N)=O. The molecule has 154 valence electrons. The average Bonchev–Trinajstić information content (AvgIpc) is 3.56. The maximum atomic E-state index is 12.6. The van der Waals surface area contributed by atoms with Crippen molar-refractivity contribution in [1.82, 2.24) is 10.6 Å². The van der Waals surface area contributed by atoms with Crippen LogP contribution in [0, 0.1) is 0 Å². The van der Waals surface area contributed by atoms with Gasteiger partial charge in [-0.1, -0.05) is 0 Å². The van der Waals surface area contributed by atoms with E-state index in [9.17, 15) is 24.0 Å². The van der Waals surface area contributed by atoms with Crippen molar-refractivity contribution < 1.29 is 33.4 Å². The second kappa shape index (κ2) is 7.85. The summed E-state index contributed by atoms with van der Waals surface area (Å²) in [4.78, 5) is 61.3. The zero-order valence-corrected chi connectivity index (χ0v) is 15.2. The van der Waals surface area contributed by atoms with E-state index in [0.717, 1.165) is 6.07 Å². The highest BCUT2D eigenvalue weighted by atomic mass is 16.6. The van der Waals surface area contributed by atoms with Crippen LogP contribution in [0.15, 0.2) is 6.07 Å². The van der Waals surface area contributed by atoms with Crippen molar-refractivity contribution in [2.24, 2.45) is 17.2 Å². The predicted octanol–water partition coefficient (Wildman–Crippen LogP) is -2.76. The molecule has 0 spiro atoms. The molecule has 2 heterocycles. The molecule has 1 aromatic rings. The summed E-state index contributed by atoms with van der Waals surface area (Å²) >= 11 is 0. The van der Waals surface area contributed by atoms with Crippen LogP contribution in [0.2, 0.25) is 0 Å². The fourth-order valence-electron chi connectivity index (χ4n) is 2.77. The molecule has 0 radical (unpaired) electrons. The van der Waals surface area contributed by atoms with Crippen molar-refractivity contribution in [2.45, 2.75) is 12.2 Å². The standard InChI is InChI=1S/C17H19N5O7/c18-13(23)10-8(16(26)21-2-6-4-28-6)1-9(17(27)22-3-7-5-29-7)11(14(19)24)12(10)15(20)25/h1,6-7H,2-5H2,(H2,18,23)(H2,19,24)(H2,20,25)(H,21,26)(H,22,27). The van der Waals surface area contributed by atoms with Gasteiger partial charge in [0.25, 0.3) is 11.8 Å². The van der Waals surface area contributed by atoms with Crippen molar-refractivity contribution in [2.75, 3.05) is 26.3 Å². The molecule has 29 heavy (non-hydrogen) atoms. The van der Waals surface area contributed by atoms with Crippen LogP contribution in [-0.2, 0) is 9.47 Å². The first-order valence-corrected chi connectivity index (χ1v) is 8.60. The van der Waals surface area contributed by atoms with Crippen molar-refractivity contribution in [1.29, 1.82) is 0 Å². The largest absolute Gasteiger partial charge is 0.371 e. The highest BCUT2D eigenvalue weighted by Gasteiger charge is 2.33. The molecular formula is C17H19N5O7. The van der Waals surface area contributed by atoms with Crippen molar-refractivity contribution in [3.8, 4) is 0 Å². The molecule has 2 unspecified atom stereocenters. The summed E-state index contributed by atoms with van der Waals surface area (Å²) in [6.45, 7) is 1.21. The molecule has 2 saturated heterocycles. The average molecular weight is 405 g/mol. The predicted molar refractivity (Wildman–Crippen MR) is 96.1 cm³/mol. The molecule has 12 nitrogen and oxygen atoms in total. The molecular weight excluding hydrogens is 386 g/mol. The van der Waals surface area contributed by atoms with Crippen LogP contribution in [0.1, 0.15) is 51.8 Å². The van der Waals surface area contributed by atoms with E-state index in [1.54, 1.807) is 0 Å². The van der Waals surface area contributed by atoms with E-state index in [2.05, 4.69) is 10.6 Å². The summed E-state index contributed by atoms with van der Waals surface area (Å²) in [5.74, 6) is -5.22. The first-order chi connectivity index (χ1) is 13.7. The van der Waals surface area contributed by atoms with Crippen LogP contribution in [0.5, 0.6) is 0 Å². The molecule has 0 aliphatic carbocycles. The van der Waals surface area contributed by atoms with Gasteiger partial charge in [-0.05, 0) is 6.07 Å². The Morgan fingerprint density at radius 3 is 1.38 bits per heavy atom. The third kappa shape index (κ3) is 4.50. The lowest BCUT2D eigenvalue weighted by molar-refractivity contribution is 0.0916. The number of carbonyl (C=O) groups is 5. The lowest BCUT2D eigenvalue weighted by Gasteiger charge is -2.17. The lowest BCUT2D eigenvalue weighted by atomic mass is 9.89. The molecule has 1 aromatic carbocycles. The minimum atomic E-state index is -1.24. The van der Waals surface area contributed by atoms with Gasteiger partial charge in [0, 0.05) is 13.1 Å². The third-order valence-electron chi connectivity index (χ3n) is 4.34. The van der Waals surface area contributed by atoms with Gasteiger partial charge in [-0.15, -0.1) is 0 Å². The van der Waals surface area contributed by atoms with Gasteiger partial charge in [0.1, 0.15) is 0 Å². The third-order valence-corrected chi connectivity index (χ3v) is 4.34. The number of nitrogens with one attached hydrogen (secondary N) is 2. The van der Waals surface area contributed by atoms with E-state index in [1.165, 1.54) is 0 Å². The van der Waals surface area contributed by atoms with Crippen molar-refractivity contribution >= 4 is 29.5 Å². The minimum Gasteiger partial charge on any atom is -0.371 e. The fourth-order valence-corrected chi connectivity index (χ4v) is 2.77. The van der Waals surface area contributed by atoms with E-state index in [0.29, 0.717) is 13.2 Å². The summed E-state index contributed by atoms with van der Waals surface area (Å²) in [5.41, 5.74) is 13.4. The number of ether oxygens (including phenoxy) is 2. The number of hydrogen-bond acceptors (Lipinski definition) is 7. The number of amides is 5. The van der Waals surface area contributed by atoms with Gasteiger partial charge >= 0.3 is 0 Å². The van der Waals surface area contributed by atoms with E-state index in [4.69, 9.17) is 26.7 Å². The van der Waals surface area contributed by atoms with Gasteiger partial charge in [-0.25, -0.2) is 0 Å². The maximum absolute atomic E-state index is 12.6. The Morgan fingerprint density at radius 1 is 0.759 bits per heavy atom. The van der Waals surface area contributed by atoms with Gasteiger partial charge in [-0.2, -0.15) is 0 Å². The Balaban J connectivity index is 2.12. The molecule has 0 aromatic heterocycles. The first kappa shape index (κ1) is 20.2. The summed E-state index contributed by atoms with van der Waals surface area (Å²) in [6, 6.07) is 0.985. The Kier molecular flexibility index (Phi) is 5.48. The Morgan fingerprint density at radius 2 is 1.10 bits per heavy atom. The fraction of sp³-hybridized carbons (Fsp3) is 0.353. The number of primary amides is 3. The number of epoxide rings is 2. The monoisotopic (exact) mass is 405 g/mol. The van der Waals surface area contributed by atoms with Crippen molar-refractivity contribution in [3.05, 3.63) is 33.9 Å². The van der Waals surface area contributed by atoms with Crippen LogP contribution >= 0.6 is 0 Å². The Labute approximate surface area is 164 Å². The molecule has 0 saturated carbocycles. The zero-order valence-electron chi connectivity index (χ0n) is 15.2. The smallest absolute Gasteiger partial charge is 0.252 e. The molecule has 2 aliphatic heterocycles. The van der Waals surface area contributed by atoms with E-state index < -0.39 is 46.2 Å². The molecule has 0 bridgehead atoms. The maximum Gasteiger partial charge on any atom is 0.252 e. The lowest BCUT2D eigenvalue weighted by Crippen LogP contribution is -2.36. The molecule has 5 amide bonds. The molecule has 8 N–H and O–H groups in total. The van der Waals surface area contributed by atoms with Gasteiger partial charge < -0.3 is 37.3 Å². The summed E-state index contributed by atoms with van der Waals surface area (Å²) in [6.07, 6.45) is -0.337. The van der Waals surface area contributed by atoms with Gasteiger partial charge in [0.2, 0.25) is 17.7 Å². The zero-order chi connectivity index (χ0) is 21.3. The van der Waals surface area contributed by atoms with Crippen LogP contribution < -0.4 is 27.8 Å². The van der Waals surface area contributed by atoms with Gasteiger partial charge in [-0.3, -0.25) is 24.0 Å². The van der Waals surface area contributed by atoms with E-state index >= 15 is 0 Å². The Hall–Kier alpha value is -3.51. The molecule has 2 fully saturated rings. The number of hydrogen-bond donors (Lipinski definition) is 5. The molecule has 12 heteroatoms. The number of carbonyl (C=O) groups excluding carboxylic acids is 5. The number of rotatable bonds is 9. The van der Waals surface area contributed by atoms with Gasteiger partial charge in [0.15, 0.2) is 0 Å². The second-order valence-corrected chi connectivity index (χ2v) is 6.52. The topological polar surface area (TPSA) is 213 Å². The van der Waals surface area contributed by atoms with Gasteiger partial charge in [0.05, 0.1) is 53.2 Å². The van der Waals surface area contributed by atoms with E-state index in [-0.39, 0.29) is 36.4 Å². The molecule has 2 atom stereocenters. The first-order valence-electron chi connectivity index (χ1n) is 8.60. The van der Waals surface area contributed by atoms with E-state index in [1.807, 2.05) is 0 Å². The minimum absolute atomic E-state index is 0.140. The summed E-state index contributed by atoms with van der Waals surface area (Å²) in [5, 5.41) is 5.01. The summed E-state index contributed by atoms with van der Waals surface area (Å²) in [7, 11) is 0. The second-order valence-electron chi connectivity index (χ2n) is 6.52. The van der Waals surface area contributed by atoms with Crippen LogP contribution in [0.25, 0.3) is 0 Å². The number of benzene rings is 1. The normalized spacial score (nSPS) is 19.2. The highest BCUT2D eigenvalue weighted by molar-refractivity contribution is 6.21. The highest BCUT2D eigenvalue weighted by Crippen LogP contribution is 2.24. The molecule has 2 aliphatic rings. The van der Waals surface area contributed by atoms with Crippen molar-refractivity contribution in [3.63, 3.8) is 0 Å². The number of nitrogens with two attached hydrogens (primary N) is 3.